The van der Waals surface area contributed by atoms with Gasteiger partial charge in [-0.15, -0.1) is 0 Å². The average Bonchev–Trinajstić information content (AvgIpc) is 3.00. The zero-order chi connectivity index (χ0) is 23.4. The van der Waals surface area contributed by atoms with Crippen LogP contribution in [0.15, 0.2) is 46.9 Å². The van der Waals surface area contributed by atoms with E-state index in [1.54, 1.807) is 0 Å². The van der Waals surface area contributed by atoms with Crippen molar-refractivity contribution in [2.24, 2.45) is 0 Å². The summed E-state index contributed by atoms with van der Waals surface area (Å²) in [5.74, 6) is 0.351. The van der Waals surface area contributed by atoms with Crippen LogP contribution in [0.5, 0.6) is 0 Å². The molecule has 0 atom stereocenters. The first-order valence-corrected chi connectivity index (χ1v) is 11.9. The Bertz CT molecular complexity index is 1130. The van der Waals surface area contributed by atoms with Crippen LogP contribution in [-0.4, -0.2) is 54.3 Å². The molecule has 1 fully saturated rings. The van der Waals surface area contributed by atoms with Crippen LogP contribution >= 0.6 is 0 Å². The maximum absolute atomic E-state index is 13.2. The summed E-state index contributed by atoms with van der Waals surface area (Å²) in [4.78, 5) is 30.0. The number of aryl methyl sites for hydroxylation is 3. The maximum Gasteiger partial charge on any atom is 0.289 e. The number of amides is 2. The summed E-state index contributed by atoms with van der Waals surface area (Å²) >= 11 is 0. The first-order chi connectivity index (χ1) is 16.0. The highest BCUT2D eigenvalue weighted by atomic mass is 16.3. The zero-order valence-corrected chi connectivity index (χ0v) is 19.8. The average molecular weight is 448 g/mol. The van der Waals surface area contributed by atoms with E-state index in [0.717, 1.165) is 59.2 Å². The van der Waals surface area contributed by atoms with Crippen LogP contribution in [0.3, 0.4) is 0 Å². The smallest absolute Gasteiger partial charge is 0.289 e. The van der Waals surface area contributed by atoms with Crippen molar-refractivity contribution in [2.45, 2.75) is 40.0 Å². The van der Waals surface area contributed by atoms with E-state index in [2.05, 4.69) is 42.3 Å². The molecule has 1 aromatic heterocycles. The largest absolute Gasteiger partial charge is 0.451 e. The third-order valence-corrected chi connectivity index (χ3v) is 6.54. The number of nitrogens with zero attached hydrogens (tertiary/aromatic N) is 2. The molecular weight excluding hydrogens is 414 g/mol. The van der Waals surface area contributed by atoms with Crippen molar-refractivity contribution in [3.05, 3.63) is 64.9 Å². The van der Waals surface area contributed by atoms with E-state index in [0.29, 0.717) is 31.9 Å². The minimum atomic E-state index is -0.0699. The lowest BCUT2D eigenvalue weighted by Gasteiger charge is -2.22. The summed E-state index contributed by atoms with van der Waals surface area (Å²) in [7, 11) is 0. The fraction of sp³-hybridized carbons (Fsp3) is 0.407. The van der Waals surface area contributed by atoms with Gasteiger partial charge in [0, 0.05) is 42.8 Å². The fourth-order valence-corrected chi connectivity index (χ4v) is 4.64. The van der Waals surface area contributed by atoms with Crippen LogP contribution in [0.4, 0.5) is 5.69 Å². The van der Waals surface area contributed by atoms with Gasteiger partial charge in [0.1, 0.15) is 5.58 Å². The van der Waals surface area contributed by atoms with E-state index in [4.69, 9.17) is 4.42 Å². The van der Waals surface area contributed by atoms with Crippen LogP contribution in [0, 0.1) is 6.92 Å². The van der Waals surface area contributed by atoms with Crippen molar-refractivity contribution in [3.8, 4) is 0 Å². The van der Waals surface area contributed by atoms with Crippen molar-refractivity contribution < 1.29 is 14.0 Å². The Labute approximate surface area is 195 Å². The van der Waals surface area contributed by atoms with Crippen molar-refractivity contribution in [2.75, 3.05) is 38.0 Å². The number of rotatable bonds is 6. The van der Waals surface area contributed by atoms with Gasteiger partial charge in [0.15, 0.2) is 5.76 Å². The standard InChI is InChI=1S/C27H33N3O3/c1-4-20-10-8-11-21(5-2)25(20)28-24(31)18-29-14-9-15-30(17-16-29)27(32)26-19(3)22-12-6-7-13-23(22)33-26/h6-8,10-13H,4-5,9,14-18H2,1-3H3,(H,28,31). The second-order valence-electron chi connectivity index (χ2n) is 8.68. The molecule has 0 spiro atoms. The quantitative estimate of drug-likeness (QED) is 0.597. The van der Waals surface area contributed by atoms with Gasteiger partial charge in [0.2, 0.25) is 5.91 Å². The molecule has 0 saturated carbocycles. The van der Waals surface area contributed by atoms with Gasteiger partial charge in [-0.2, -0.15) is 0 Å². The summed E-state index contributed by atoms with van der Waals surface area (Å²) in [6.45, 7) is 9.16. The number of para-hydroxylation sites is 2. The molecule has 33 heavy (non-hydrogen) atoms. The van der Waals surface area contributed by atoms with E-state index in [1.807, 2.05) is 36.1 Å². The lowest BCUT2D eigenvalue weighted by atomic mass is 10.0. The third kappa shape index (κ3) is 4.96. The summed E-state index contributed by atoms with van der Waals surface area (Å²) in [6.07, 6.45) is 2.58. The molecule has 6 heteroatoms. The summed E-state index contributed by atoms with van der Waals surface area (Å²) < 4.78 is 5.89. The normalized spacial score (nSPS) is 14.9. The van der Waals surface area contributed by atoms with E-state index in [-0.39, 0.29) is 11.8 Å². The van der Waals surface area contributed by atoms with Gasteiger partial charge < -0.3 is 14.6 Å². The van der Waals surface area contributed by atoms with Crippen molar-refractivity contribution >= 4 is 28.5 Å². The van der Waals surface area contributed by atoms with E-state index in [1.165, 1.54) is 0 Å². The number of furan rings is 1. The predicted octanol–water partition coefficient (Wildman–Crippen LogP) is 4.65. The molecule has 0 unspecified atom stereocenters. The topological polar surface area (TPSA) is 65.8 Å². The second kappa shape index (κ2) is 10.2. The van der Waals surface area contributed by atoms with Crippen LogP contribution in [0.2, 0.25) is 0 Å². The van der Waals surface area contributed by atoms with Crippen LogP contribution in [-0.2, 0) is 17.6 Å². The Morgan fingerprint density at radius 1 is 0.939 bits per heavy atom. The minimum Gasteiger partial charge on any atom is -0.451 e. The molecule has 1 saturated heterocycles. The van der Waals surface area contributed by atoms with Gasteiger partial charge in [-0.05, 0) is 43.4 Å². The van der Waals surface area contributed by atoms with Crippen LogP contribution in [0.25, 0.3) is 11.0 Å². The molecular formula is C27H33N3O3. The molecule has 1 aliphatic heterocycles. The van der Waals surface area contributed by atoms with Crippen molar-refractivity contribution in [1.82, 2.24) is 9.80 Å². The Kier molecular flexibility index (Phi) is 7.14. The highest BCUT2D eigenvalue weighted by molar-refractivity contribution is 5.99. The first kappa shape index (κ1) is 23.1. The number of nitrogens with one attached hydrogen (secondary N) is 1. The summed E-state index contributed by atoms with van der Waals surface area (Å²) in [5.41, 5.74) is 4.91. The van der Waals surface area contributed by atoms with Crippen LogP contribution in [0.1, 0.15) is 47.5 Å². The Balaban J connectivity index is 1.39. The van der Waals surface area contributed by atoms with E-state index >= 15 is 0 Å². The maximum atomic E-state index is 13.2. The highest BCUT2D eigenvalue weighted by Crippen LogP contribution is 2.26. The molecule has 0 bridgehead atoms. The highest BCUT2D eigenvalue weighted by Gasteiger charge is 2.26. The lowest BCUT2D eigenvalue weighted by molar-refractivity contribution is -0.117. The number of benzene rings is 2. The molecule has 1 N–H and O–H groups in total. The van der Waals surface area contributed by atoms with Crippen LogP contribution < -0.4 is 5.32 Å². The number of fused-ring (bicyclic) bond motifs is 1. The summed E-state index contributed by atoms with van der Waals surface area (Å²) in [5, 5.41) is 4.13. The molecule has 4 rings (SSSR count). The van der Waals surface area contributed by atoms with Gasteiger partial charge in [0.05, 0.1) is 6.54 Å². The fourth-order valence-electron chi connectivity index (χ4n) is 4.64. The van der Waals surface area contributed by atoms with Crippen molar-refractivity contribution in [3.63, 3.8) is 0 Å². The first-order valence-electron chi connectivity index (χ1n) is 11.9. The second-order valence-corrected chi connectivity index (χ2v) is 8.68. The van der Waals surface area contributed by atoms with Gasteiger partial charge in [0.25, 0.3) is 5.91 Å². The molecule has 2 amide bonds. The molecule has 6 nitrogen and oxygen atoms in total. The molecule has 2 aromatic carbocycles. The number of hydrogen-bond donors (Lipinski definition) is 1. The Morgan fingerprint density at radius 3 is 2.36 bits per heavy atom. The van der Waals surface area contributed by atoms with E-state index in [9.17, 15) is 9.59 Å². The lowest BCUT2D eigenvalue weighted by Crippen LogP contribution is -2.38. The Hall–Kier alpha value is -3.12. The van der Waals surface area contributed by atoms with E-state index < -0.39 is 0 Å². The Morgan fingerprint density at radius 2 is 1.67 bits per heavy atom. The summed E-state index contributed by atoms with van der Waals surface area (Å²) in [6, 6.07) is 13.9. The third-order valence-electron chi connectivity index (χ3n) is 6.54. The molecule has 2 heterocycles. The monoisotopic (exact) mass is 447 g/mol. The molecule has 0 aliphatic carbocycles. The molecule has 1 aliphatic rings. The molecule has 174 valence electrons. The molecule has 0 radical (unpaired) electrons. The zero-order valence-electron chi connectivity index (χ0n) is 19.8. The van der Waals surface area contributed by atoms with Crippen molar-refractivity contribution in [1.29, 1.82) is 0 Å². The number of anilines is 1. The number of hydrogen-bond acceptors (Lipinski definition) is 4. The SMILES string of the molecule is CCc1cccc(CC)c1NC(=O)CN1CCCN(C(=O)c2oc3ccccc3c2C)CC1. The number of carbonyl (C=O) groups excluding carboxylic acids is 2. The predicted molar refractivity (Wildman–Crippen MR) is 132 cm³/mol. The van der Waals surface area contributed by atoms with Gasteiger partial charge in [-0.3, -0.25) is 14.5 Å². The van der Waals surface area contributed by atoms with Gasteiger partial charge >= 0.3 is 0 Å². The van der Waals surface area contributed by atoms with Gasteiger partial charge in [-0.1, -0.05) is 50.2 Å². The molecule has 3 aromatic rings. The van der Waals surface area contributed by atoms with Gasteiger partial charge in [-0.25, -0.2) is 0 Å². The number of carbonyl (C=O) groups is 2. The minimum absolute atomic E-state index is 0.00138.